The summed E-state index contributed by atoms with van der Waals surface area (Å²) < 4.78 is 6.81. The molecule has 0 saturated carbocycles. The molecule has 1 atom stereocenters. The third kappa shape index (κ3) is 4.90. The number of fused-ring (bicyclic) bond motifs is 1. The van der Waals surface area contributed by atoms with Gasteiger partial charge in [0.2, 0.25) is 0 Å². The Balaban J connectivity index is 1.25. The summed E-state index contributed by atoms with van der Waals surface area (Å²) >= 11 is 1.46. The second kappa shape index (κ2) is 9.73. The highest BCUT2D eigenvalue weighted by Crippen LogP contribution is 2.30. The molecule has 0 amide bonds. The Bertz CT molecular complexity index is 1420. The van der Waals surface area contributed by atoms with Gasteiger partial charge in [0, 0.05) is 24.3 Å². The van der Waals surface area contributed by atoms with Crippen molar-refractivity contribution in [3.63, 3.8) is 0 Å². The molecule has 0 aliphatic rings. The van der Waals surface area contributed by atoms with Crippen LogP contribution in [-0.4, -0.2) is 24.9 Å². The second-order valence-corrected chi connectivity index (χ2v) is 8.87. The van der Waals surface area contributed by atoms with Crippen molar-refractivity contribution in [3.8, 4) is 12.1 Å². The van der Waals surface area contributed by atoms with E-state index in [1.807, 2.05) is 37.4 Å². The lowest BCUT2D eigenvalue weighted by Gasteiger charge is -2.09. The van der Waals surface area contributed by atoms with E-state index in [0.29, 0.717) is 17.3 Å². The van der Waals surface area contributed by atoms with Gasteiger partial charge in [-0.25, -0.2) is 9.97 Å². The highest BCUT2D eigenvalue weighted by molar-refractivity contribution is 7.18. The Morgan fingerprint density at radius 3 is 2.50 bits per heavy atom. The van der Waals surface area contributed by atoms with Crippen LogP contribution in [0.5, 0.6) is 6.01 Å². The molecule has 0 saturated heterocycles. The van der Waals surface area contributed by atoms with Crippen molar-refractivity contribution < 1.29 is 4.74 Å². The Morgan fingerprint density at radius 1 is 0.912 bits per heavy atom. The maximum atomic E-state index is 9.80. The van der Waals surface area contributed by atoms with Crippen molar-refractivity contribution >= 4 is 21.6 Å². The number of nitrogens with zero attached hydrogens (tertiary/aromatic N) is 6. The van der Waals surface area contributed by atoms with Crippen LogP contribution in [0.3, 0.4) is 0 Å². The van der Waals surface area contributed by atoms with Crippen LogP contribution in [0, 0.1) is 18.3 Å². The number of hydrogen-bond donors (Lipinski definition) is 0. The molecule has 1 unspecified atom stereocenters. The molecule has 7 nitrogen and oxygen atoms in total. The zero-order valence-electron chi connectivity index (χ0n) is 18.4. The van der Waals surface area contributed by atoms with Crippen LogP contribution in [0.15, 0.2) is 73.3 Å². The van der Waals surface area contributed by atoms with Crippen molar-refractivity contribution in [3.05, 3.63) is 106 Å². The van der Waals surface area contributed by atoms with Crippen LogP contribution in [0.25, 0.3) is 10.2 Å². The van der Waals surface area contributed by atoms with Gasteiger partial charge in [0.25, 0.3) is 0 Å². The van der Waals surface area contributed by atoms with Gasteiger partial charge in [0.05, 0.1) is 28.2 Å². The SMILES string of the molecule is Cc1ccc(Cc2ccc(COc3nccc(C(C#N)c4nc5cnccc5s4)n3)cc2)cn1. The van der Waals surface area contributed by atoms with E-state index in [4.69, 9.17) is 4.74 Å². The molecule has 4 aromatic heterocycles. The fourth-order valence-corrected chi connectivity index (χ4v) is 4.49. The van der Waals surface area contributed by atoms with Gasteiger partial charge in [0.15, 0.2) is 0 Å². The summed E-state index contributed by atoms with van der Waals surface area (Å²) in [6.45, 7) is 2.32. The molecule has 166 valence electrons. The maximum Gasteiger partial charge on any atom is 0.316 e. The van der Waals surface area contributed by atoms with E-state index in [-0.39, 0.29) is 6.01 Å². The van der Waals surface area contributed by atoms with Gasteiger partial charge < -0.3 is 4.74 Å². The van der Waals surface area contributed by atoms with Crippen LogP contribution < -0.4 is 4.74 Å². The van der Waals surface area contributed by atoms with E-state index >= 15 is 0 Å². The van der Waals surface area contributed by atoms with Gasteiger partial charge in [-0.15, -0.1) is 11.3 Å². The summed E-state index contributed by atoms with van der Waals surface area (Å²) in [5.41, 5.74) is 5.74. The minimum atomic E-state index is -0.599. The lowest BCUT2D eigenvalue weighted by molar-refractivity contribution is 0.279. The Hall–Kier alpha value is -4.22. The van der Waals surface area contributed by atoms with E-state index < -0.39 is 5.92 Å². The largest absolute Gasteiger partial charge is 0.459 e. The molecule has 8 heteroatoms. The highest BCUT2D eigenvalue weighted by atomic mass is 32.1. The average Bonchev–Trinajstić information content (AvgIpc) is 3.29. The van der Waals surface area contributed by atoms with Crippen molar-refractivity contribution in [1.82, 2.24) is 24.9 Å². The fourth-order valence-electron chi connectivity index (χ4n) is 3.49. The van der Waals surface area contributed by atoms with Crippen LogP contribution in [-0.2, 0) is 13.0 Å². The van der Waals surface area contributed by atoms with Gasteiger partial charge in [-0.3, -0.25) is 9.97 Å². The van der Waals surface area contributed by atoms with Crippen LogP contribution in [0.2, 0.25) is 0 Å². The number of ether oxygens (including phenoxy) is 1. The summed E-state index contributed by atoms with van der Waals surface area (Å²) in [6.07, 6.45) is 7.76. The molecular formula is C26H20N6OS. The lowest BCUT2D eigenvalue weighted by Crippen LogP contribution is -2.05. The summed E-state index contributed by atoms with van der Waals surface area (Å²) in [5, 5.41) is 10.5. The minimum absolute atomic E-state index is 0.232. The molecule has 34 heavy (non-hydrogen) atoms. The van der Waals surface area contributed by atoms with E-state index in [9.17, 15) is 5.26 Å². The van der Waals surface area contributed by atoms with Crippen LogP contribution in [0.1, 0.15) is 39.0 Å². The van der Waals surface area contributed by atoms with Gasteiger partial charge in [-0.2, -0.15) is 10.2 Å². The first kappa shape index (κ1) is 21.6. The topological polar surface area (TPSA) is 97.5 Å². The monoisotopic (exact) mass is 464 g/mol. The predicted octanol–water partition coefficient (Wildman–Crippen LogP) is 5.01. The van der Waals surface area contributed by atoms with Gasteiger partial charge >= 0.3 is 6.01 Å². The number of aromatic nitrogens is 5. The second-order valence-electron chi connectivity index (χ2n) is 7.81. The van der Waals surface area contributed by atoms with Crippen molar-refractivity contribution in [1.29, 1.82) is 5.26 Å². The predicted molar refractivity (Wildman–Crippen MR) is 129 cm³/mol. The quantitative estimate of drug-likeness (QED) is 0.334. The minimum Gasteiger partial charge on any atom is -0.459 e. The summed E-state index contributed by atoms with van der Waals surface area (Å²) in [5.74, 6) is -0.599. The molecule has 5 aromatic rings. The molecule has 0 radical (unpaired) electrons. The standard InChI is InChI=1S/C26H20N6OS/c1-17-2-3-20(14-30-17)12-18-4-6-19(7-5-18)16-33-26-29-11-8-22(32-26)21(13-27)25-31-23-15-28-10-9-24(23)34-25/h2-11,14-15,21H,12,16H2,1H3. The number of aryl methyl sites for hydroxylation is 1. The zero-order chi connectivity index (χ0) is 23.3. The van der Waals surface area contributed by atoms with Crippen molar-refractivity contribution in [2.45, 2.75) is 25.9 Å². The number of benzene rings is 1. The van der Waals surface area contributed by atoms with Crippen molar-refractivity contribution in [2.24, 2.45) is 0 Å². The molecule has 5 rings (SSSR count). The first-order valence-electron chi connectivity index (χ1n) is 10.7. The highest BCUT2D eigenvalue weighted by Gasteiger charge is 2.20. The number of pyridine rings is 2. The van der Waals surface area contributed by atoms with E-state index in [0.717, 1.165) is 27.9 Å². The first-order chi connectivity index (χ1) is 16.7. The zero-order valence-corrected chi connectivity index (χ0v) is 19.2. The molecule has 0 spiro atoms. The van der Waals surface area contributed by atoms with Gasteiger partial charge in [-0.05, 0) is 48.2 Å². The van der Waals surface area contributed by atoms with E-state index in [2.05, 4.69) is 49.2 Å². The molecule has 0 N–H and O–H groups in total. The average molecular weight is 465 g/mol. The molecule has 4 heterocycles. The lowest BCUT2D eigenvalue weighted by atomic mass is 10.0. The third-order valence-corrected chi connectivity index (χ3v) is 6.41. The van der Waals surface area contributed by atoms with Crippen LogP contribution >= 0.6 is 11.3 Å². The Labute approximate surface area is 200 Å². The smallest absolute Gasteiger partial charge is 0.316 e. The molecule has 1 aromatic carbocycles. The maximum absolute atomic E-state index is 9.80. The van der Waals surface area contributed by atoms with Gasteiger partial charge in [-0.1, -0.05) is 30.3 Å². The van der Waals surface area contributed by atoms with E-state index in [1.54, 1.807) is 24.7 Å². The number of hydrogen-bond acceptors (Lipinski definition) is 8. The third-order valence-electron chi connectivity index (χ3n) is 5.31. The summed E-state index contributed by atoms with van der Waals surface area (Å²) in [7, 11) is 0. The molecule has 0 aliphatic carbocycles. The Kier molecular flexibility index (Phi) is 6.19. The fraction of sp³-hybridized carbons (Fsp3) is 0.154. The summed E-state index contributed by atoms with van der Waals surface area (Å²) in [6, 6.07) is 18.5. The Morgan fingerprint density at radius 2 is 1.74 bits per heavy atom. The van der Waals surface area contributed by atoms with Gasteiger partial charge in [0.1, 0.15) is 17.5 Å². The normalized spacial score (nSPS) is 11.8. The number of nitriles is 1. The van der Waals surface area contributed by atoms with Crippen LogP contribution in [0.4, 0.5) is 0 Å². The van der Waals surface area contributed by atoms with E-state index in [1.165, 1.54) is 22.5 Å². The summed E-state index contributed by atoms with van der Waals surface area (Å²) in [4.78, 5) is 21.7. The molecular weight excluding hydrogens is 444 g/mol. The molecule has 0 bridgehead atoms. The first-order valence-corrected chi connectivity index (χ1v) is 11.5. The molecule has 0 fully saturated rings. The van der Waals surface area contributed by atoms with Crippen molar-refractivity contribution in [2.75, 3.05) is 0 Å². The molecule has 0 aliphatic heterocycles. The number of thiazole rings is 1. The number of rotatable bonds is 7.